The first-order chi connectivity index (χ1) is 27.8. The van der Waals surface area contributed by atoms with Crippen molar-refractivity contribution in [1.82, 2.24) is 9.97 Å². The van der Waals surface area contributed by atoms with Gasteiger partial charge in [-0.1, -0.05) is 158 Å². The van der Waals surface area contributed by atoms with Gasteiger partial charge in [-0.25, -0.2) is 4.98 Å². The Kier molecular flexibility index (Phi) is 7.53. The van der Waals surface area contributed by atoms with Crippen LogP contribution in [0.5, 0.6) is 0 Å². The third-order valence-corrected chi connectivity index (χ3v) is 11.2. The predicted molar refractivity (Wildman–Crippen MR) is 234 cm³/mol. The maximum atomic E-state index is 5.15. The van der Waals surface area contributed by atoms with Gasteiger partial charge in [0.15, 0.2) is 0 Å². The maximum Gasteiger partial charge on any atom is 0.0893 e. The Morgan fingerprint density at radius 1 is 0.268 bits per heavy atom. The number of hydrogen-bond donors (Lipinski definition) is 0. The van der Waals surface area contributed by atoms with Gasteiger partial charge in [0.05, 0.1) is 17.1 Å². The second kappa shape index (κ2) is 13.2. The van der Waals surface area contributed by atoms with Crippen molar-refractivity contribution >= 4 is 21.5 Å². The standard InChI is InChI=1S/C54H34N2/c1-4-16-35(17-5-1)38-32-39(34-40(33-38)47-27-15-28-49(56-47)48-26-12-13-31-55-48)41-29-30-46-52-42(41)24-14-25-45(52)53-50(36-18-6-2-7-19-36)43-22-10-11-23-44(43)51(54(46)53)37-20-8-3-9-21-37/h1-34H. The first-order valence-electron chi connectivity index (χ1n) is 19.2. The highest BCUT2D eigenvalue weighted by Gasteiger charge is 2.31. The smallest absolute Gasteiger partial charge is 0.0893 e. The number of hydrogen-bond acceptors (Lipinski definition) is 2. The van der Waals surface area contributed by atoms with Crippen molar-refractivity contribution < 1.29 is 0 Å². The molecule has 0 unspecified atom stereocenters. The van der Waals surface area contributed by atoms with E-state index in [2.05, 4.69) is 181 Å². The molecule has 260 valence electrons. The highest BCUT2D eigenvalue weighted by Crippen LogP contribution is 2.58. The van der Waals surface area contributed by atoms with Crippen LogP contribution >= 0.6 is 0 Å². The molecule has 2 heteroatoms. The van der Waals surface area contributed by atoms with Gasteiger partial charge >= 0.3 is 0 Å². The lowest BCUT2D eigenvalue weighted by molar-refractivity contribution is 1.25. The van der Waals surface area contributed by atoms with Gasteiger partial charge in [-0.15, -0.1) is 0 Å². The Morgan fingerprint density at radius 2 is 0.768 bits per heavy atom. The molecule has 2 heterocycles. The van der Waals surface area contributed by atoms with Crippen LogP contribution in [0.2, 0.25) is 0 Å². The van der Waals surface area contributed by atoms with Crippen LogP contribution in [0.15, 0.2) is 206 Å². The summed E-state index contributed by atoms with van der Waals surface area (Å²) in [6.45, 7) is 0. The molecular weight excluding hydrogens is 677 g/mol. The van der Waals surface area contributed by atoms with E-state index in [-0.39, 0.29) is 0 Å². The zero-order chi connectivity index (χ0) is 37.0. The Morgan fingerprint density at radius 3 is 1.43 bits per heavy atom. The molecule has 2 nitrogen and oxygen atoms in total. The van der Waals surface area contributed by atoms with Gasteiger partial charge in [0.25, 0.3) is 0 Å². The van der Waals surface area contributed by atoms with Gasteiger partial charge in [-0.3, -0.25) is 4.98 Å². The summed E-state index contributed by atoms with van der Waals surface area (Å²) in [6.07, 6.45) is 1.82. The van der Waals surface area contributed by atoms with Gasteiger partial charge in [-0.05, 0) is 131 Å². The molecule has 0 fully saturated rings. The third-order valence-electron chi connectivity index (χ3n) is 11.2. The summed E-state index contributed by atoms with van der Waals surface area (Å²) < 4.78 is 0. The van der Waals surface area contributed by atoms with Crippen molar-refractivity contribution in [2.45, 2.75) is 0 Å². The molecule has 0 saturated carbocycles. The fourth-order valence-electron chi connectivity index (χ4n) is 8.84. The summed E-state index contributed by atoms with van der Waals surface area (Å²) >= 11 is 0. The number of rotatable bonds is 6. The SMILES string of the molecule is c1ccc(-c2cc(-c3cccc(-c4ccccn4)n3)cc(-c3ccc4c5c(cccc35)-c3c-4c(-c4ccccc4)c4ccccc4c3-c3ccccc3)c2)cc1. The molecule has 2 aromatic heterocycles. The van der Waals surface area contributed by atoms with Crippen molar-refractivity contribution in [1.29, 1.82) is 0 Å². The number of benzene rings is 8. The van der Waals surface area contributed by atoms with Gasteiger partial charge in [0.2, 0.25) is 0 Å². The van der Waals surface area contributed by atoms with E-state index >= 15 is 0 Å². The molecule has 0 atom stereocenters. The lowest BCUT2D eigenvalue weighted by Gasteiger charge is -2.20. The Hall–Kier alpha value is -7.42. The van der Waals surface area contributed by atoms with E-state index in [0.29, 0.717) is 0 Å². The van der Waals surface area contributed by atoms with Crippen molar-refractivity contribution in [3.05, 3.63) is 206 Å². The van der Waals surface area contributed by atoms with Crippen molar-refractivity contribution in [3.63, 3.8) is 0 Å². The predicted octanol–water partition coefficient (Wildman–Crippen LogP) is 14.4. The Bertz CT molecular complexity index is 3010. The van der Waals surface area contributed by atoms with E-state index in [1.165, 1.54) is 77.2 Å². The van der Waals surface area contributed by atoms with Gasteiger partial charge in [0.1, 0.15) is 0 Å². The molecule has 11 rings (SSSR count). The molecule has 0 spiro atoms. The molecule has 56 heavy (non-hydrogen) atoms. The molecule has 0 saturated heterocycles. The van der Waals surface area contributed by atoms with Crippen LogP contribution in [0.4, 0.5) is 0 Å². The molecule has 0 amide bonds. The van der Waals surface area contributed by atoms with Crippen LogP contribution in [0.1, 0.15) is 0 Å². The molecule has 0 bridgehead atoms. The lowest BCUT2D eigenvalue weighted by Crippen LogP contribution is -1.93. The minimum Gasteiger partial charge on any atom is -0.255 e. The Balaban J connectivity index is 1.19. The largest absolute Gasteiger partial charge is 0.255 e. The highest BCUT2D eigenvalue weighted by molar-refractivity contribution is 6.28. The van der Waals surface area contributed by atoms with Gasteiger partial charge in [0, 0.05) is 11.8 Å². The number of fused-ring (bicyclic) bond motifs is 4. The van der Waals surface area contributed by atoms with Crippen molar-refractivity contribution in [2.75, 3.05) is 0 Å². The van der Waals surface area contributed by atoms with E-state index in [1.807, 2.05) is 30.5 Å². The Labute approximate surface area is 326 Å². The first-order valence-corrected chi connectivity index (χ1v) is 19.2. The molecule has 0 radical (unpaired) electrons. The van der Waals surface area contributed by atoms with E-state index in [9.17, 15) is 0 Å². The summed E-state index contributed by atoms with van der Waals surface area (Å²) in [5, 5.41) is 5.07. The fraction of sp³-hybridized carbons (Fsp3) is 0. The molecule has 0 N–H and O–H groups in total. The second-order valence-corrected chi connectivity index (χ2v) is 14.5. The van der Waals surface area contributed by atoms with Crippen LogP contribution in [-0.2, 0) is 0 Å². The monoisotopic (exact) mass is 710 g/mol. The van der Waals surface area contributed by atoms with Crippen LogP contribution in [-0.4, -0.2) is 9.97 Å². The summed E-state index contributed by atoms with van der Waals surface area (Å²) in [5.74, 6) is 0. The zero-order valence-corrected chi connectivity index (χ0v) is 30.5. The minimum atomic E-state index is 0.855. The second-order valence-electron chi connectivity index (χ2n) is 14.5. The lowest BCUT2D eigenvalue weighted by atomic mass is 9.82. The fourth-order valence-corrected chi connectivity index (χ4v) is 8.84. The van der Waals surface area contributed by atoms with Gasteiger partial charge < -0.3 is 0 Å². The number of pyridine rings is 2. The highest BCUT2D eigenvalue weighted by atomic mass is 14.8. The maximum absolute atomic E-state index is 5.15. The van der Waals surface area contributed by atoms with E-state index < -0.39 is 0 Å². The van der Waals surface area contributed by atoms with E-state index in [4.69, 9.17) is 4.98 Å². The van der Waals surface area contributed by atoms with E-state index in [1.54, 1.807) is 0 Å². The quantitative estimate of drug-likeness (QED) is 0.172. The van der Waals surface area contributed by atoms with Crippen molar-refractivity contribution in [2.24, 2.45) is 0 Å². The average molecular weight is 711 g/mol. The summed E-state index contributed by atoms with van der Waals surface area (Å²) in [6, 6.07) is 72.1. The molecule has 10 aromatic rings. The first kappa shape index (κ1) is 32.0. The summed E-state index contributed by atoms with van der Waals surface area (Å²) in [7, 11) is 0. The average Bonchev–Trinajstić information content (AvgIpc) is 3.61. The topological polar surface area (TPSA) is 25.8 Å². The van der Waals surface area contributed by atoms with Crippen LogP contribution < -0.4 is 0 Å². The molecule has 1 aliphatic carbocycles. The van der Waals surface area contributed by atoms with E-state index in [0.717, 1.165) is 33.8 Å². The van der Waals surface area contributed by atoms with Gasteiger partial charge in [-0.2, -0.15) is 0 Å². The number of nitrogens with zero attached hydrogens (tertiary/aromatic N) is 2. The van der Waals surface area contributed by atoms with Crippen LogP contribution in [0.25, 0.3) is 111 Å². The number of aromatic nitrogens is 2. The minimum absolute atomic E-state index is 0.855. The molecule has 0 aliphatic heterocycles. The summed E-state index contributed by atoms with van der Waals surface area (Å²) in [4.78, 5) is 9.75. The molecular formula is C54H34N2. The molecule has 1 aliphatic rings. The third kappa shape index (κ3) is 5.19. The normalized spacial score (nSPS) is 11.6. The van der Waals surface area contributed by atoms with Crippen LogP contribution in [0.3, 0.4) is 0 Å². The zero-order valence-electron chi connectivity index (χ0n) is 30.5. The van der Waals surface area contributed by atoms with Crippen molar-refractivity contribution in [3.8, 4) is 89.4 Å². The summed E-state index contributed by atoms with van der Waals surface area (Å²) in [5.41, 5.74) is 18.6. The molecule has 8 aromatic carbocycles. The van der Waals surface area contributed by atoms with Crippen LogP contribution in [0, 0.1) is 0 Å².